The van der Waals surface area contributed by atoms with Crippen LogP contribution in [0, 0.1) is 34.0 Å². The Morgan fingerprint density at radius 2 is 1.77 bits per heavy atom. The number of ketones is 3. The first-order valence-electron chi connectivity index (χ1n) is 11.5. The van der Waals surface area contributed by atoms with Crippen LogP contribution in [0.1, 0.15) is 81.1 Å². The molecule has 4 atom stereocenters. The Morgan fingerprint density at radius 3 is 2.26 bits per heavy atom. The number of hydrogen-bond donors (Lipinski definition) is 2. The van der Waals surface area contributed by atoms with Gasteiger partial charge in [0.25, 0.3) is 0 Å². The number of allylic oxidation sites excluding steroid dienone is 4. The van der Waals surface area contributed by atoms with E-state index in [0.29, 0.717) is 6.42 Å². The highest BCUT2D eigenvalue weighted by atomic mass is 16.3. The minimum atomic E-state index is -1.31. The molecule has 0 heterocycles. The fourth-order valence-electron chi connectivity index (χ4n) is 6.84. The van der Waals surface area contributed by atoms with Gasteiger partial charge in [0.15, 0.2) is 17.3 Å². The Labute approximate surface area is 186 Å². The molecule has 31 heavy (non-hydrogen) atoms. The van der Waals surface area contributed by atoms with Crippen LogP contribution in [0.5, 0.6) is 0 Å². The van der Waals surface area contributed by atoms with Crippen molar-refractivity contribution in [2.75, 3.05) is 0 Å². The number of fused-ring (bicyclic) bond motifs is 1. The lowest BCUT2D eigenvalue weighted by atomic mass is 9.62. The van der Waals surface area contributed by atoms with Crippen molar-refractivity contribution in [3.8, 4) is 0 Å². The molecule has 2 unspecified atom stereocenters. The molecule has 0 aromatic carbocycles. The highest BCUT2D eigenvalue weighted by Gasteiger charge is 2.78. The number of aliphatic hydroxyl groups excluding tert-OH is 1. The zero-order chi connectivity index (χ0) is 23.7. The highest BCUT2D eigenvalue weighted by Crippen LogP contribution is 2.73. The molecule has 3 aliphatic carbocycles. The monoisotopic (exact) mass is 430 g/mol. The van der Waals surface area contributed by atoms with E-state index >= 15 is 0 Å². The fraction of sp³-hybridized carbons (Fsp3) is 0.731. The third kappa shape index (κ3) is 3.18. The molecule has 2 fully saturated rings. The number of aliphatic hydroxyl groups is 2. The van der Waals surface area contributed by atoms with Gasteiger partial charge in [-0.3, -0.25) is 14.4 Å². The summed E-state index contributed by atoms with van der Waals surface area (Å²) in [6.07, 6.45) is 2.85. The molecule has 0 radical (unpaired) electrons. The number of Topliss-reactive ketones (excluding diaryl/α,β-unsaturated/α-hetero) is 3. The Morgan fingerprint density at radius 1 is 1.19 bits per heavy atom. The summed E-state index contributed by atoms with van der Waals surface area (Å²) in [5, 5.41) is 22.4. The maximum absolute atomic E-state index is 14.1. The minimum Gasteiger partial charge on any atom is -0.510 e. The number of carbonyl (C=O) groups is 3. The van der Waals surface area contributed by atoms with Gasteiger partial charge in [0.1, 0.15) is 11.3 Å². The van der Waals surface area contributed by atoms with E-state index in [1.165, 1.54) is 0 Å². The zero-order valence-electron chi connectivity index (χ0n) is 20.3. The molecule has 0 aliphatic heterocycles. The SMILES string of the molecule is CC(C)=CCC12CC3C(C)(C)[C@@H](C(C)(C)O)C[C@@]3(C1=O)C(O)=C(C(=O)CC(C)C)C2=O. The summed E-state index contributed by atoms with van der Waals surface area (Å²) in [7, 11) is 0. The first kappa shape index (κ1) is 23.9. The van der Waals surface area contributed by atoms with Crippen LogP contribution in [0.4, 0.5) is 0 Å². The van der Waals surface area contributed by atoms with Gasteiger partial charge < -0.3 is 10.2 Å². The summed E-state index contributed by atoms with van der Waals surface area (Å²) < 4.78 is 0. The first-order valence-corrected chi connectivity index (χ1v) is 11.5. The number of hydrogen-bond acceptors (Lipinski definition) is 5. The van der Waals surface area contributed by atoms with Gasteiger partial charge in [0, 0.05) is 6.42 Å². The van der Waals surface area contributed by atoms with Crippen molar-refractivity contribution in [3.05, 3.63) is 23.0 Å². The highest BCUT2D eigenvalue weighted by molar-refractivity contribution is 6.32. The third-order valence-corrected chi connectivity index (χ3v) is 8.21. The van der Waals surface area contributed by atoms with E-state index in [2.05, 4.69) is 0 Å². The summed E-state index contributed by atoms with van der Waals surface area (Å²) in [4.78, 5) is 40.9. The van der Waals surface area contributed by atoms with E-state index in [1.54, 1.807) is 13.8 Å². The molecule has 0 amide bonds. The van der Waals surface area contributed by atoms with Gasteiger partial charge in [-0.2, -0.15) is 0 Å². The average Bonchev–Trinajstić information content (AvgIpc) is 2.97. The topological polar surface area (TPSA) is 91.7 Å². The van der Waals surface area contributed by atoms with Crippen molar-refractivity contribution in [1.29, 1.82) is 0 Å². The molecule has 2 N–H and O–H groups in total. The van der Waals surface area contributed by atoms with Crippen molar-refractivity contribution >= 4 is 17.3 Å². The summed E-state index contributed by atoms with van der Waals surface area (Å²) >= 11 is 0. The van der Waals surface area contributed by atoms with Crippen LogP contribution in [0.2, 0.25) is 0 Å². The van der Waals surface area contributed by atoms with E-state index in [4.69, 9.17) is 0 Å². The minimum absolute atomic E-state index is 0.0297. The zero-order valence-corrected chi connectivity index (χ0v) is 20.3. The lowest BCUT2D eigenvalue weighted by molar-refractivity contribution is -0.144. The molecule has 0 aromatic rings. The lowest BCUT2D eigenvalue weighted by Crippen LogP contribution is -2.50. The summed E-state index contributed by atoms with van der Waals surface area (Å²) in [5.41, 5.74) is -3.30. The second-order valence-corrected chi connectivity index (χ2v) is 11.9. The van der Waals surface area contributed by atoms with Crippen LogP contribution in [0.3, 0.4) is 0 Å². The van der Waals surface area contributed by atoms with E-state index in [-0.39, 0.29) is 59.9 Å². The van der Waals surface area contributed by atoms with Crippen molar-refractivity contribution in [2.45, 2.75) is 86.7 Å². The average molecular weight is 431 g/mol. The number of carbonyl (C=O) groups excluding carboxylic acids is 3. The van der Waals surface area contributed by atoms with E-state index in [0.717, 1.165) is 5.57 Å². The molecule has 0 saturated heterocycles. The van der Waals surface area contributed by atoms with Crippen LogP contribution in [0.25, 0.3) is 0 Å². The quantitative estimate of drug-likeness (QED) is 0.361. The van der Waals surface area contributed by atoms with Gasteiger partial charge in [-0.1, -0.05) is 39.3 Å². The van der Waals surface area contributed by atoms with Crippen molar-refractivity contribution in [3.63, 3.8) is 0 Å². The molecule has 5 heteroatoms. The Kier molecular flexibility index (Phi) is 5.50. The largest absolute Gasteiger partial charge is 0.510 e. The smallest absolute Gasteiger partial charge is 0.183 e. The van der Waals surface area contributed by atoms with Crippen LogP contribution >= 0.6 is 0 Å². The maximum atomic E-state index is 14.1. The van der Waals surface area contributed by atoms with Gasteiger partial charge >= 0.3 is 0 Å². The lowest BCUT2D eigenvalue weighted by Gasteiger charge is -2.40. The number of rotatable bonds is 6. The maximum Gasteiger partial charge on any atom is 0.183 e. The standard InChI is InChI=1S/C26H38O5/c1-14(2)9-10-25-12-18-23(5,6)17(24(7,8)31)13-26(18,22(25)30)21(29)19(20(25)28)16(27)11-15(3)4/h9,15,17-18,29,31H,10-13H2,1-8H3/t17-,18?,25?,26-/m0/s1. The third-order valence-electron chi connectivity index (χ3n) is 8.21. The molecular formula is C26H38O5. The molecule has 3 aliphatic rings. The van der Waals surface area contributed by atoms with Crippen LogP contribution in [-0.4, -0.2) is 33.2 Å². The van der Waals surface area contributed by atoms with Gasteiger partial charge in [-0.25, -0.2) is 0 Å². The normalized spacial score (nSPS) is 34.4. The van der Waals surface area contributed by atoms with Crippen molar-refractivity contribution < 1.29 is 24.6 Å². The van der Waals surface area contributed by atoms with Crippen LogP contribution < -0.4 is 0 Å². The van der Waals surface area contributed by atoms with Crippen molar-refractivity contribution in [1.82, 2.24) is 0 Å². The first-order chi connectivity index (χ1) is 14.0. The van der Waals surface area contributed by atoms with E-state index in [1.807, 2.05) is 47.6 Å². The molecule has 0 aromatic heterocycles. The Balaban J connectivity index is 2.28. The molecule has 2 bridgehead atoms. The molecule has 1 spiro atoms. The van der Waals surface area contributed by atoms with Gasteiger partial charge in [-0.15, -0.1) is 0 Å². The van der Waals surface area contributed by atoms with E-state index in [9.17, 15) is 24.6 Å². The second kappa shape index (κ2) is 7.13. The predicted molar refractivity (Wildman–Crippen MR) is 119 cm³/mol. The van der Waals surface area contributed by atoms with Gasteiger partial charge in [-0.05, 0) is 70.1 Å². The van der Waals surface area contributed by atoms with Crippen molar-refractivity contribution in [2.24, 2.45) is 34.0 Å². The Hall–Kier alpha value is -1.75. The van der Waals surface area contributed by atoms with Gasteiger partial charge in [0.05, 0.1) is 16.4 Å². The predicted octanol–water partition coefficient (Wildman–Crippen LogP) is 4.73. The van der Waals surface area contributed by atoms with E-state index < -0.39 is 27.6 Å². The van der Waals surface area contributed by atoms with Crippen LogP contribution in [0.15, 0.2) is 23.0 Å². The Bertz CT molecular complexity index is 893. The molecule has 172 valence electrons. The van der Waals surface area contributed by atoms with Crippen LogP contribution in [-0.2, 0) is 14.4 Å². The molecule has 3 rings (SSSR count). The molecule has 5 nitrogen and oxygen atoms in total. The summed E-state index contributed by atoms with van der Waals surface area (Å²) in [5.74, 6) is -2.02. The fourth-order valence-corrected chi connectivity index (χ4v) is 6.84. The summed E-state index contributed by atoms with van der Waals surface area (Å²) in [6.45, 7) is 15.1. The second-order valence-electron chi connectivity index (χ2n) is 11.9. The molecular weight excluding hydrogens is 392 g/mol. The summed E-state index contributed by atoms with van der Waals surface area (Å²) in [6, 6.07) is 0. The van der Waals surface area contributed by atoms with Gasteiger partial charge in [0.2, 0.25) is 0 Å². The molecule has 2 saturated carbocycles.